The molecule has 0 saturated carbocycles. The summed E-state index contributed by atoms with van der Waals surface area (Å²) in [5.41, 5.74) is 11.9. The number of rotatable bonds is 12. The molecule has 42 heavy (non-hydrogen) atoms. The topological polar surface area (TPSA) is 129 Å². The third kappa shape index (κ3) is 6.47. The number of aryl methyl sites for hydroxylation is 2. The largest absolute Gasteiger partial charge is 0.496 e. The van der Waals surface area contributed by atoms with Gasteiger partial charge in [-0.25, -0.2) is 0 Å². The minimum Gasteiger partial charge on any atom is -0.496 e. The van der Waals surface area contributed by atoms with E-state index in [4.69, 9.17) is 38.6 Å². The van der Waals surface area contributed by atoms with Gasteiger partial charge in [-0.2, -0.15) is 9.61 Å². The number of ketones is 1. The number of carbonyl (C=O) groups excluding carboxylic acids is 1. The molecule has 0 amide bonds. The highest BCUT2D eigenvalue weighted by Gasteiger charge is 2.25. The van der Waals surface area contributed by atoms with Crippen molar-refractivity contribution in [3.63, 3.8) is 0 Å². The Morgan fingerprint density at radius 2 is 1.31 bits per heavy atom. The second-order valence-electron chi connectivity index (χ2n) is 9.33. The van der Waals surface area contributed by atoms with Crippen LogP contribution in [0.25, 0.3) is 17.0 Å². The van der Waals surface area contributed by atoms with E-state index in [0.29, 0.717) is 65.4 Å². The molecule has 0 aliphatic heterocycles. The van der Waals surface area contributed by atoms with Gasteiger partial charge in [0, 0.05) is 20.6 Å². The molecule has 2 aromatic carbocycles. The highest BCUT2D eigenvalue weighted by atomic mass is 16.5. The molecule has 0 aliphatic carbocycles. The average Bonchev–Trinajstić information content (AvgIpc) is 3.49. The zero-order chi connectivity index (χ0) is 31.0. The molecule has 2 N–H and O–H groups in total. The van der Waals surface area contributed by atoms with Gasteiger partial charge in [0.05, 0.1) is 52.9 Å². The van der Waals surface area contributed by atoms with Gasteiger partial charge in [-0.1, -0.05) is 13.8 Å². The number of nitrogen functional groups attached to an aromatic ring is 1. The fraction of sp³-hybridized carbons (Fsp3) is 0.419. The number of carbonyl (C=O) groups is 1. The SMILES string of the molecule is CCC(=O)c1c(OC)cc(COC)cc1OC.CCc1nn2c(-c3c(OC)cc(COC)cc3OC)c(C)oc2c1N. The van der Waals surface area contributed by atoms with Crippen LogP contribution in [0.1, 0.15) is 53.2 Å². The summed E-state index contributed by atoms with van der Waals surface area (Å²) in [7, 11) is 9.59. The molecule has 0 saturated heterocycles. The number of Topliss-reactive ketones (excluding diaryl/α,β-unsaturated/α-hetero) is 1. The molecule has 4 aromatic rings. The number of anilines is 1. The van der Waals surface area contributed by atoms with Gasteiger partial charge in [-0.15, -0.1) is 0 Å². The molecule has 11 heteroatoms. The Hall–Kier alpha value is -4.22. The van der Waals surface area contributed by atoms with E-state index in [0.717, 1.165) is 34.5 Å². The summed E-state index contributed by atoms with van der Waals surface area (Å²) in [6.45, 7) is 6.60. The Kier molecular flexibility index (Phi) is 11.2. The third-order valence-electron chi connectivity index (χ3n) is 6.67. The molecule has 0 fully saturated rings. The molecule has 0 radical (unpaired) electrons. The van der Waals surface area contributed by atoms with Crippen LogP contribution >= 0.6 is 0 Å². The number of fused-ring (bicyclic) bond motifs is 1. The van der Waals surface area contributed by atoms with E-state index in [1.54, 1.807) is 45.1 Å². The molecule has 0 spiro atoms. The van der Waals surface area contributed by atoms with Gasteiger partial charge in [-0.05, 0) is 48.7 Å². The number of nitrogens with two attached hydrogens (primary N) is 1. The molecule has 0 aliphatic rings. The molecular formula is C31H41N3O8. The number of hydrogen-bond donors (Lipinski definition) is 1. The Morgan fingerprint density at radius 3 is 1.71 bits per heavy atom. The lowest BCUT2D eigenvalue weighted by molar-refractivity contribution is 0.0982. The highest BCUT2D eigenvalue weighted by Crippen LogP contribution is 2.43. The molecule has 0 bridgehead atoms. The molecule has 4 rings (SSSR count). The lowest BCUT2D eigenvalue weighted by atomic mass is 10.0. The summed E-state index contributed by atoms with van der Waals surface area (Å²) in [6.07, 6.45) is 1.14. The number of benzene rings is 2. The molecule has 0 unspecified atom stereocenters. The van der Waals surface area contributed by atoms with Crippen LogP contribution in [0.3, 0.4) is 0 Å². The van der Waals surface area contributed by atoms with Gasteiger partial charge in [0.2, 0.25) is 5.71 Å². The Labute approximate surface area is 246 Å². The number of ether oxygens (including phenoxy) is 6. The Balaban J connectivity index is 0.000000250. The summed E-state index contributed by atoms with van der Waals surface area (Å²) in [6, 6.07) is 7.45. The average molecular weight is 584 g/mol. The van der Waals surface area contributed by atoms with Crippen molar-refractivity contribution in [3.8, 4) is 34.3 Å². The van der Waals surface area contributed by atoms with E-state index in [2.05, 4.69) is 5.10 Å². The van der Waals surface area contributed by atoms with Crippen LogP contribution in [-0.2, 0) is 29.1 Å². The number of methoxy groups -OCH3 is 6. The second kappa shape index (κ2) is 14.6. The maximum absolute atomic E-state index is 11.9. The van der Waals surface area contributed by atoms with E-state index in [9.17, 15) is 4.79 Å². The second-order valence-corrected chi connectivity index (χ2v) is 9.33. The zero-order valence-corrected chi connectivity index (χ0v) is 25.9. The monoisotopic (exact) mass is 583 g/mol. The van der Waals surface area contributed by atoms with Crippen LogP contribution in [0, 0.1) is 6.92 Å². The molecule has 11 nitrogen and oxygen atoms in total. The van der Waals surface area contributed by atoms with Gasteiger partial charge < -0.3 is 38.6 Å². The highest BCUT2D eigenvalue weighted by molar-refractivity contribution is 6.01. The minimum absolute atomic E-state index is 0.00247. The molecule has 2 heterocycles. The van der Waals surface area contributed by atoms with Gasteiger partial charge in [-0.3, -0.25) is 4.79 Å². The lowest BCUT2D eigenvalue weighted by Crippen LogP contribution is -2.05. The van der Waals surface area contributed by atoms with Crippen LogP contribution in [0.5, 0.6) is 23.0 Å². The van der Waals surface area contributed by atoms with Crippen molar-refractivity contribution >= 4 is 17.2 Å². The number of aromatic nitrogens is 2. The van der Waals surface area contributed by atoms with Crippen molar-refractivity contribution in [2.24, 2.45) is 0 Å². The van der Waals surface area contributed by atoms with Gasteiger partial charge >= 0.3 is 0 Å². The van der Waals surface area contributed by atoms with Gasteiger partial charge in [0.25, 0.3) is 0 Å². The van der Waals surface area contributed by atoms with E-state index in [1.165, 1.54) is 14.2 Å². The lowest BCUT2D eigenvalue weighted by Gasteiger charge is -2.15. The van der Waals surface area contributed by atoms with Crippen LogP contribution in [0.15, 0.2) is 28.7 Å². The first kappa shape index (κ1) is 32.3. The summed E-state index contributed by atoms with van der Waals surface area (Å²) in [5, 5.41) is 4.60. The van der Waals surface area contributed by atoms with Crippen LogP contribution in [0.4, 0.5) is 5.69 Å². The molecule has 228 valence electrons. The van der Waals surface area contributed by atoms with Crippen LogP contribution in [0.2, 0.25) is 0 Å². The smallest absolute Gasteiger partial charge is 0.246 e. The zero-order valence-electron chi connectivity index (χ0n) is 25.9. The molecule has 0 atom stereocenters. The molecule has 2 aromatic heterocycles. The maximum Gasteiger partial charge on any atom is 0.246 e. The number of oxazole rings is 1. The Bertz CT molecular complexity index is 1470. The van der Waals surface area contributed by atoms with Crippen molar-refractivity contribution in [1.82, 2.24) is 9.61 Å². The van der Waals surface area contributed by atoms with Crippen molar-refractivity contribution in [1.29, 1.82) is 0 Å². The van der Waals surface area contributed by atoms with Crippen molar-refractivity contribution in [2.45, 2.75) is 46.8 Å². The summed E-state index contributed by atoms with van der Waals surface area (Å²) >= 11 is 0. The van der Waals surface area contributed by atoms with E-state index >= 15 is 0 Å². The van der Waals surface area contributed by atoms with Crippen molar-refractivity contribution < 1.29 is 37.6 Å². The van der Waals surface area contributed by atoms with Crippen molar-refractivity contribution in [2.75, 3.05) is 48.4 Å². The maximum atomic E-state index is 11.9. The normalized spacial score (nSPS) is 10.8. The quantitative estimate of drug-likeness (QED) is 0.209. The minimum atomic E-state index is 0.00247. The first-order valence-electron chi connectivity index (χ1n) is 13.5. The van der Waals surface area contributed by atoms with E-state index in [-0.39, 0.29) is 5.78 Å². The predicted molar refractivity (Wildman–Crippen MR) is 160 cm³/mol. The number of nitrogens with zero attached hydrogens (tertiary/aromatic N) is 2. The Morgan fingerprint density at radius 1 is 0.833 bits per heavy atom. The summed E-state index contributed by atoms with van der Waals surface area (Å²) < 4.78 is 39.6. The first-order valence-corrected chi connectivity index (χ1v) is 13.5. The van der Waals surface area contributed by atoms with Crippen molar-refractivity contribution in [3.05, 3.63) is 52.4 Å². The standard InChI is InChI=1S/C18H23N3O4.C13H18O4/c1-6-12-16(19)18-21(20-12)17(10(2)25-18)15-13(23-4)7-11(9-22-3)8-14(15)24-5;1-5-10(14)13-11(16-3)6-9(8-15-2)7-12(13)17-4/h7-8H,6,9,19H2,1-5H3;6-7H,5,8H2,1-4H3. The summed E-state index contributed by atoms with van der Waals surface area (Å²) in [5.74, 6) is 3.07. The fourth-order valence-electron chi connectivity index (χ4n) is 4.71. The molecular weight excluding hydrogens is 542 g/mol. The van der Waals surface area contributed by atoms with Crippen LogP contribution in [-0.4, -0.2) is 58.1 Å². The number of hydrogen-bond acceptors (Lipinski definition) is 10. The van der Waals surface area contributed by atoms with Gasteiger partial charge in [0.1, 0.15) is 45.7 Å². The first-order chi connectivity index (χ1) is 20.2. The predicted octanol–water partition coefficient (Wildman–Crippen LogP) is 5.65. The van der Waals surface area contributed by atoms with E-state index in [1.807, 2.05) is 32.9 Å². The third-order valence-corrected chi connectivity index (χ3v) is 6.67. The summed E-state index contributed by atoms with van der Waals surface area (Å²) in [4.78, 5) is 11.9. The van der Waals surface area contributed by atoms with Crippen LogP contribution < -0.4 is 24.7 Å². The van der Waals surface area contributed by atoms with Gasteiger partial charge in [0.15, 0.2) is 5.78 Å². The van der Waals surface area contributed by atoms with E-state index < -0.39 is 0 Å². The fourth-order valence-corrected chi connectivity index (χ4v) is 4.71.